The molecule has 0 saturated carbocycles. The number of carbonyl (C=O) groups excluding carboxylic acids is 1. The molecule has 0 bridgehead atoms. The molecule has 1 aliphatic carbocycles. The number of methoxy groups -OCH3 is 1. The summed E-state index contributed by atoms with van der Waals surface area (Å²) >= 11 is 0. The van der Waals surface area contributed by atoms with Crippen molar-refractivity contribution in [3.05, 3.63) is 53.1 Å². The number of hydrogen-bond donors (Lipinski definition) is 1. The SMILES string of the molecule is CCOC(=O)C=Cc1ccc(OC)c(-c2cc3c(cc2O)C(C)(C)CCC3(C)C)c1. The van der Waals surface area contributed by atoms with Crippen molar-refractivity contribution in [2.75, 3.05) is 13.7 Å². The van der Waals surface area contributed by atoms with Gasteiger partial charge in [0, 0.05) is 17.2 Å². The van der Waals surface area contributed by atoms with Crippen LogP contribution in [0.25, 0.3) is 17.2 Å². The molecular weight excluding hydrogens is 376 g/mol. The van der Waals surface area contributed by atoms with Crippen LogP contribution >= 0.6 is 0 Å². The van der Waals surface area contributed by atoms with E-state index in [1.54, 1.807) is 20.1 Å². The molecule has 2 aromatic rings. The molecule has 0 fully saturated rings. The maximum atomic E-state index is 11.7. The molecule has 0 radical (unpaired) electrons. The summed E-state index contributed by atoms with van der Waals surface area (Å²) < 4.78 is 10.5. The van der Waals surface area contributed by atoms with E-state index in [0.717, 1.165) is 29.5 Å². The molecular formula is C26H32O4. The van der Waals surface area contributed by atoms with Crippen LogP contribution in [-0.4, -0.2) is 24.8 Å². The predicted molar refractivity (Wildman–Crippen MR) is 121 cm³/mol. The summed E-state index contributed by atoms with van der Waals surface area (Å²) in [6.07, 6.45) is 5.30. The lowest BCUT2D eigenvalue weighted by atomic mass is 9.62. The Morgan fingerprint density at radius 3 is 2.27 bits per heavy atom. The van der Waals surface area contributed by atoms with Gasteiger partial charge in [0.2, 0.25) is 0 Å². The third-order valence-electron chi connectivity index (χ3n) is 6.18. The van der Waals surface area contributed by atoms with Crippen molar-refractivity contribution in [3.8, 4) is 22.6 Å². The molecule has 160 valence electrons. The highest BCUT2D eigenvalue weighted by molar-refractivity contribution is 5.88. The minimum atomic E-state index is -0.379. The lowest BCUT2D eigenvalue weighted by Crippen LogP contribution is -2.33. The molecule has 0 unspecified atom stereocenters. The standard InChI is InChI=1S/C26H32O4/c1-7-30-24(28)11-9-17-8-10-23(29-6)19(14-17)18-15-20-21(16-22(18)27)26(4,5)13-12-25(20,2)3/h8-11,14-16,27H,7,12-13H2,1-6H3. The smallest absolute Gasteiger partial charge is 0.330 e. The summed E-state index contributed by atoms with van der Waals surface area (Å²) in [5.41, 5.74) is 4.89. The van der Waals surface area contributed by atoms with Gasteiger partial charge in [-0.25, -0.2) is 4.79 Å². The largest absolute Gasteiger partial charge is 0.507 e. The number of carbonyl (C=O) groups is 1. The number of ether oxygens (including phenoxy) is 2. The zero-order chi connectivity index (χ0) is 22.1. The summed E-state index contributed by atoms with van der Waals surface area (Å²) in [7, 11) is 1.62. The Hall–Kier alpha value is -2.75. The van der Waals surface area contributed by atoms with Crippen LogP contribution in [-0.2, 0) is 20.4 Å². The number of aromatic hydroxyl groups is 1. The number of fused-ring (bicyclic) bond motifs is 1. The lowest BCUT2D eigenvalue weighted by molar-refractivity contribution is -0.137. The minimum Gasteiger partial charge on any atom is -0.507 e. The highest BCUT2D eigenvalue weighted by Crippen LogP contribution is 2.49. The van der Waals surface area contributed by atoms with Gasteiger partial charge in [-0.2, -0.15) is 0 Å². The normalized spacial score (nSPS) is 16.9. The lowest BCUT2D eigenvalue weighted by Gasteiger charge is -2.42. The second kappa shape index (κ2) is 8.17. The van der Waals surface area contributed by atoms with E-state index in [1.165, 1.54) is 17.2 Å². The van der Waals surface area contributed by atoms with Crippen molar-refractivity contribution in [3.63, 3.8) is 0 Å². The number of phenolic OH excluding ortho intramolecular Hbond substituents is 1. The maximum absolute atomic E-state index is 11.7. The first-order valence-electron chi connectivity index (χ1n) is 10.5. The van der Waals surface area contributed by atoms with Gasteiger partial charge in [-0.1, -0.05) is 33.8 Å². The monoisotopic (exact) mass is 408 g/mol. The second-order valence-corrected chi connectivity index (χ2v) is 9.23. The van der Waals surface area contributed by atoms with Crippen LogP contribution in [0.2, 0.25) is 0 Å². The highest BCUT2D eigenvalue weighted by Gasteiger charge is 2.38. The molecule has 0 heterocycles. The van der Waals surface area contributed by atoms with E-state index in [4.69, 9.17) is 9.47 Å². The average molecular weight is 409 g/mol. The van der Waals surface area contributed by atoms with E-state index in [-0.39, 0.29) is 22.5 Å². The molecule has 0 aliphatic heterocycles. The molecule has 0 aromatic heterocycles. The van der Waals surface area contributed by atoms with Crippen LogP contribution in [0.1, 0.15) is 64.2 Å². The van der Waals surface area contributed by atoms with Crippen LogP contribution in [0.5, 0.6) is 11.5 Å². The summed E-state index contributed by atoms with van der Waals surface area (Å²) in [5.74, 6) is 0.534. The van der Waals surface area contributed by atoms with Crippen LogP contribution in [0.3, 0.4) is 0 Å². The van der Waals surface area contributed by atoms with Gasteiger partial charge in [-0.05, 0) is 77.6 Å². The molecule has 1 aliphatic rings. The Kier molecular flexibility index (Phi) is 5.98. The van der Waals surface area contributed by atoms with E-state index in [0.29, 0.717) is 12.4 Å². The summed E-state index contributed by atoms with van der Waals surface area (Å²) in [5, 5.41) is 11.0. The molecule has 1 N–H and O–H groups in total. The zero-order valence-electron chi connectivity index (χ0n) is 18.8. The molecule has 2 aromatic carbocycles. The molecule has 0 amide bonds. The van der Waals surface area contributed by atoms with Gasteiger partial charge in [0.25, 0.3) is 0 Å². The van der Waals surface area contributed by atoms with Gasteiger partial charge in [0.05, 0.1) is 13.7 Å². The van der Waals surface area contributed by atoms with Gasteiger partial charge >= 0.3 is 5.97 Å². The van der Waals surface area contributed by atoms with E-state index in [1.807, 2.05) is 24.3 Å². The first-order chi connectivity index (χ1) is 14.1. The third kappa shape index (κ3) is 4.23. The Balaban J connectivity index is 2.13. The topological polar surface area (TPSA) is 55.8 Å². The summed E-state index contributed by atoms with van der Waals surface area (Å²) in [4.78, 5) is 11.7. The van der Waals surface area contributed by atoms with Gasteiger partial charge in [-0.15, -0.1) is 0 Å². The van der Waals surface area contributed by atoms with Crippen LogP contribution in [0, 0.1) is 0 Å². The van der Waals surface area contributed by atoms with Crippen LogP contribution in [0.15, 0.2) is 36.4 Å². The van der Waals surface area contributed by atoms with Crippen molar-refractivity contribution in [1.82, 2.24) is 0 Å². The fourth-order valence-corrected chi connectivity index (χ4v) is 4.21. The average Bonchev–Trinajstić information content (AvgIpc) is 2.70. The van der Waals surface area contributed by atoms with E-state index in [9.17, 15) is 9.90 Å². The number of phenols is 1. The predicted octanol–water partition coefficient (Wildman–Crippen LogP) is 5.99. The van der Waals surface area contributed by atoms with Crippen molar-refractivity contribution < 1.29 is 19.4 Å². The van der Waals surface area contributed by atoms with Crippen LogP contribution < -0.4 is 4.74 Å². The Labute approximate surface area is 179 Å². The molecule has 0 saturated heterocycles. The molecule has 3 rings (SSSR count). The zero-order valence-corrected chi connectivity index (χ0v) is 18.8. The fourth-order valence-electron chi connectivity index (χ4n) is 4.21. The van der Waals surface area contributed by atoms with Gasteiger partial charge in [0.15, 0.2) is 0 Å². The van der Waals surface area contributed by atoms with E-state index < -0.39 is 0 Å². The Bertz CT molecular complexity index is 983. The van der Waals surface area contributed by atoms with E-state index >= 15 is 0 Å². The number of esters is 1. The molecule has 0 atom stereocenters. The first kappa shape index (κ1) is 21.9. The molecule has 30 heavy (non-hydrogen) atoms. The van der Waals surface area contributed by atoms with Gasteiger partial charge in [0.1, 0.15) is 11.5 Å². The van der Waals surface area contributed by atoms with Crippen LogP contribution in [0.4, 0.5) is 0 Å². The maximum Gasteiger partial charge on any atom is 0.330 e. The van der Waals surface area contributed by atoms with Gasteiger partial charge in [-0.3, -0.25) is 0 Å². The minimum absolute atomic E-state index is 0.0230. The summed E-state index contributed by atoms with van der Waals surface area (Å²) in [6, 6.07) is 9.69. The number of hydrogen-bond acceptors (Lipinski definition) is 4. The second-order valence-electron chi connectivity index (χ2n) is 9.23. The number of benzene rings is 2. The molecule has 4 heteroatoms. The quantitative estimate of drug-likeness (QED) is 0.487. The summed E-state index contributed by atoms with van der Waals surface area (Å²) in [6.45, 7) is 11.1. The first-order valence-corrected chi connectivity index (χ1v) is 10.5. The van der Waals surface area contributed by atoms with Crippen molar-refractivity contribution in [2.24, 2.45) is 0 Å². The van der Waals surface area contributed by atoms with Gasteiger partial charge < -0.3 is 14.6 Å². The van der Waals surface area contributed by atoms with Crippen molar-refractivity contribution in [2.45, 2.75) is 58.3 Å². The Morgan fingerprint density at radius 2 is 1.67 bits per heavy atom. The highest BCUT2D eigenvalue weighted by atomic mass is 16.5. The number of rotatable bonds is 5. The van der Waals surface area contributed by atoms with Crippen molar-refractivity contribution >= 4 is 12.0 Å². The van der Waals surface area contributed by atoms with E-state index in [2.05, 4.69) is 33.8 Å². The third-order valence-corrected chi connectivity index (χ3v) is 6.18. The van der Waals surface area contributed by atoms with Crippen molar-refractivity contribution in [1.29, 1.82) is 0 Å². The Morgan fingerprint density at radius 1 is 1.03 bits per heavy atom. The fraction of sp³-hybridized carbons (Fsp3) is 0.423. The molecule has 0 spiro atoms. The molecule has 4 nitrogen and oxygen atoms in total.